The quantitative estimate of drug-likeness (QED) is 0.805. The molecule has 1 heterocycles. The average Bonchev–Trinajstić information content (AvgIpc) is 2.73. The van der Waals surface area contributed by atoms with E-state index in [-0.39, 0.29) is 0 Å². The van der Waals surface area contributed by atoms with Crippen molar-refractivity contribution >= 4 is 0 Å². The minimum atomic E-state index is 0.376. The van der Waals surface area contributed by atoms with Crippen molar-refractivity contribution in [2.24, 2.45) is 5.92 Å². The maximum atomic E-state index is 5.80. The third-order valence-electron chi connectivity index (χ3n) is 3.50. The molecule has 0 saturated heterocycles. The molecule has 98 valence electrons. The summed E-state index contributed by atoms with van der Waals surface area (Å²) in [6, 6.07) is 11.2. The fraction of sp³-hybridized carbons (Fsp3) is 0.500. The molecule has 0 radical (unpaired) electrons. The molecule has 0 saturated carbocycles. The molecule has 0 spiro atoms. The SMILES string of the molecule is CC1=C[C@H](C(C)C)N[C@@H]1COCc1ccccc1. The van der Waals surface area contributed by atoms with Crippen LogP contribution in [-0.2, 0) is 11.3 Å². The minimum Gasteiger partial charge on any atom is -0.375 e. The van der Waals surface area contributed by atoms with Crippen LogP contribution in [-0.4, -0.2) is 18.7 Å². The number of nitrogens with one attached hydrogen (secondary N) is 1. The Morgan fingerprint density at radius 1 is 1.22 bits per heavy atom. The van der Waals surface area contributed by atoms with E-state index in [1.807, 2.05) is 18.2 Å². The lowest BCUT2D eigenvalue weighted by atomic mass is 10.1. The standard InChI is InChI=1S/C16H23NO/c1-12(2)15-9-13(3)16(17-15)11-18-10-14-7-5-4-6-8-14/h4-9,12,15-17H,10-11H2,1-3H3/t15-,16-/m1/s1. The zero-order valence-electron chi connectivity index (χ0n) is 11.5. The van der Waals surface area contributed by atoms with Crippen molar-refractivity contribution in [2.75, 3.05) is 6.61 Å². The summed E-state index contributed by atoms with van der Waals surface area (Å²) >= 11 is 0. The van der Waals surface area contributed by atoms with E-state index in [1.54, 1.807) is 0 Å². The summed E-state index contributed by atoms with van der Waals surface area (Å²) in [5.41, 5.74) is 2.64. The summed E-state index contributed by atoms with van der Waals surface area (Å²) in [5.74, 6) is 0.638. The van der Waals surface area contributed by atoms with Crippen molar-refractivity contribution < 1.29 is 4.74 Å². The van der Waals surface area contributed by atoms with Gasteiger partial charge in [-0.15, -0.1) is 0 Å². The molecule has 0 bridgehead atoms. The number of benzene rings is 1. The van der Waals surface area contributed by atoms with Gasteiger partial charge in [0.1, 0.15) is 0 Å². The highest BCUT2D eigenvalue weighted by Crippen LogP contribution is 2.18. The minimum absolute atomic E-state index is 0.376. The molecule has 0 aromatic heterocycles. The summed E-state index contributed by atoms with van der Waals surface area (Å²) < 4.78 is 5.80. The lowest BCUT2D eigenvalue weighted by Crippen LogP contribution is -2.37. The zero-order chi connectivity index (χ0) is 13.0. The molecule has 0 unspecified atom stereocenters. The first kappa shape index (κ1) is 13.3. The smallest absolute Gasteiger partial charge is 0.0717 e. The van der Waals surface area contributed by atoms with Crippen LogP contribution in [0.25, 0.3) is 0 Å². The molecule has 0 fully saturated rings. The summed E-state index contributed by atoms with van der Waals surface area (Å²) in [7, 11) is 0. The second kappa shape index (κ2) is 6.17. The lowest BCUT2D eigenvalue weighted by molar-refractivity contribution is 0.106. The molecule has 1 N–H and O–H groups in total. The van der Waals surface area contributed by atoms with Crippen molar-refractivity contribution in [2.45, 2.75) is 39.5 Å². The van der Waals surface area contributed by atoms with Gasteiger partial charge in [-0.1, -0.05) is 55.8 Å². The highest BCUT2D eigenvalue weighted by atomic mass is 16.5. The monoisotopic (exact) mass is 245 g/mol. The van der Waals surface area contributed by atoms with E-state index in [1.165, 1.54) is 11.1 Å². The summed E-state index contributed by atoms with van der Waals surface area (Å²) in [6.07, 6.45) is 2.33. The van der Waals surface area contributed by atoms with Crippen LogP contribution in [0.15, 0.2) is 42.0 Å². The average molecular weight is 245 g/mol. The Morgan fingerprint density at radius 2 is 1.94 bits per heavy atom. The molecule has 1 aliphatic rings. The van der Waals surface area contributed by atoms with E-state index in [0.717, 1.165) is 6.61 Å². The highest BCUT2D eigenvalue weighted by Gasteiger charge is 2.24. The third kappa shape index (κ3) is 3.44. The Hall–Kier alpha value is -1.12. The lowest BCUT2D eigenvalue weighted by Gasteiger charge is -2.18. The normalized spacial score (nSPS) is 23.4. The van der Waals surface area contributed by atoms with E-state index >= 15 is 0 Å². The summed E-state index contributed by atoms with van der Waals surface area (Å²) in [6.45, 7) is 8.12. The predicted molar refractivity (Wildman–Crippen MR) is 75.4 cm³/mol. The largest absolute Gasteiger partial charge is 0.375 e. The van der Waals surface area contributed by atoms with E-state index in [4.69, 9.17) is 4.74 Å². The first-order valence-electron chi connectivity index (χ1n) is 6.73. The molecule has 2 heteroatoms. The Bertz CT molecular complexity index is 397. The van der Waals surface area contributed by atoms with Gasteiger partial charge >= 0.3 is 0 Å². The molecule has 1 aromatic carbocycles. The van der Waals surface area contributed by atoms with Crippen molar-refractivity contribution in [3.05, 3.63) is 47.5 Å². The van der Waals surface area contributed by atoms with Gasteiger partial charge in [-0.25, -0.2) is 0 Å². The van der Waals surface area contributed by atoms with E-state index in [9.17, 15) is 0 Å². The zero-order valence-corrected chi connectivity index (χ0v) is 11.5. The van der Waals surface area contributed by atoms with Gasteiger partial charge in [-0.2, -0.15) is 0 Å². The first-order chi connectivity index (χ1) is 8.66. The van der Waals surface area contributed by atoms with Gasteiger partial charge in [-0.3, -0.25) is 0 Å². The Morgan fingerprint density at radius 3 is 2.56 bits per heavy atom. The molecule has 0 amide bonds. The van der Waals surface area contributed by atoms with Crippen LogP contribution in [0.1, 0.15) is 26.3 Å². The summed E-state index contributed by atoms with van der Waals surface area (Å²) in [4.78, 5) is 0. The van der Waals surface area contributed by atoms with Crippen molar-refractivity contribution in [1.29, 1.82) is 0 Å². The van der Waals surface area contributed by atoms with Crippen LogP contribution in [0.2, 0.25) is 0 Å². The van der Waals surface area contributed by atoms with E-state index in [2.05, 4.69) is 44.3 Å². The van der Waals surface area contributed by atoms with Crippen molar-refractivity contribution in [3.8, 4) is 0 Å². The molecule has 2 atom stereocenters. The molecular formula is C16H23NO. The van der Waals surface area contributed by atoms with Crippen LogP contribution >= 0.6 is 0 Å². The maximum absolute atomic E-state index is 5.80. The predicted octanol–water partition coefficient (Wildman–Crippen LogP) is 3.15. The number of rotatable bonds is 5. The van der Waals surface area contributed by atoms with Gasteiger partial charge in [-0.05, 0) is 18.4 Å². The van der Waals surface area contributed by atoms with E-state index < -0.39 is 0 Å². The van der Waals surface area contributed by atoms with Crippen LogP contribution in [0.5, 0.6) is 0 Å². The molecule has 1 aliphatic heterocycles. The van der Waals surface area contributed by atoms with Crippen molar-refractivity contribution in [3.63, 3.8) is 0 Å². The van der Waals surface area contributed by atoms with Crippen molar-refractivity contribution in [1.82, 2.24) is 5.32 Å². The van der Waals surface area contributed by atoms with Gasteiger partial charge in [0.25, 0.3) is 0 Å². The van der Waals surface area contributed by atoms with Crippen LogP contribution < -0.4 is 5.32 Å². The Labute approximate surface area is 110 Å². The molecule has 2 rings (SSSR count). The Kier molecular flexibility index (Phi) is 4.56. The molecule has 2 nitrogen and oxygen atoms in total. The topological polar surface area (TPSA) is 21.3 Å². The second-order valence-corrected chi connectivity index (χ2v) is 5.40. The molecule has 18 heavy (non-hydrogen) atoms. The van der Waals surface area contributed by atoms with Crippen LogP contribution in [0.3, 0.4) is 0 Å². The molecule has 0 aliphatic carbocycles. The molecular weight excluding hydrogens is 222 g/mol. The maximum Gasteiger partial charge on any atom is 0.0717 e. The van der Waals surface area contributed by atoms with Gasteiger partial charge in [0, 0.05) is 6.04 Å². The fourth-order valence-corrected chi connectivity index (χ4v) is 2.24. The third-order valence-corrected chi connectivity index (χ3v) is 3.50. The van der Waals surface area contributed by atoms with Crippen LogP contribution in [0, 0.1) is 5.92 Å². The van der Waals surface area contributed by atoms with Crippen LogP contribution in [0.4, 0.5) is 0 Å². The van der Waals surface area contributed by atoms with Gasteiger partial charge < -0.3 is 10.1 Å². The first-order valence-corrected chi connectivity index (χ1v) is 6.73. The van der Waals surface area contributed by atoms with Gasteiger partial charge in [0.05, 0.1) is 19.3 Å². The number of ether oxygens (including phenoxy) is 1. The van der Waals surface area contributed by atoms with Gasteiger partial charge in [0.2, 0.25) is 0 Å². The highest BCUT2D eigenvalue weighted by molar-refractivity contribution is 5.20. The fourth-order valence-electron chi connectivity index (χ4n) is 2.24. The number of hydrogen-bond donors (Lipinski definition) is 1. The van der Waals surface area contributed by atoms with E-state index in [0.29, 0.717) is 24.6 Å². The second-order valence-electron chi connectivity index (χ2n) is 5.40. The number of hydrogen-bond acceptors (Lipinski definition) is 2. The summed E-state index contributed by atoms with van der Waals surface area (Å²) in [5, 5.41) is 3.61. The molecule has 1 aromatic rings. The van der Waals surface area contributed by atoms with Gasteiger partial charge in [0.15, 0.2) is 0 Å². The Balaban J connectivity index is 1.77.